The number of carboxylic acid groups (broad SMARTS) is 1. The molecule has 0 aliphatic rings. The number of nitrogens with one attached hydrogen (secondary N) is 1. The lowest BCUT2D eigenvalue weighted by molar-refractivity contribution is -0.136. The smallest absolute Gasteiger partial charge is 0.305 e. The molecule has 1 aromatic rings. The Balaban J connectivity index is 2.50. The minimum atomic E-state index is -0.937. The number of carbonyl (C=O) groups is 2. The molecular weight excluding hydrogens is 218 g/mol. The second kappa shape index (κ2) is 5.35. The van der Waals surface area contributed by atoms with Crippen LogP contribution in [0.25, 0.3) is 0 Å². The minimum absolute atomic E-state index is 0.0839. The number of amides is 1. The molecule has 0 saturated carbocycles. The van der Waals surface area contributed by atoms with Crippen molar-refractivity contribution < 1.29 is 19.4 Å². The lowest BCUT2D eigenvalue weighted by atomic mass is 10.4. The lowest BCUT2D eigenvalue weighted by Gasteiger charge is -2.03. The predicted molar refractivity (Wildman–Crippen MR) is 55.5 cm³/mol. The van der Waals surface area contributed by atoms with Crippen molar-refractivity contribution >= 4 is 23.2 Å². The van der Waals surface area contributed by atoms with Gasteiger partial charge in [-0.15, -0.1) is 11.3 Å². The van der Waals surface area contributed by atoms with E-state index in [4.69, 9.17) is 9.84 Å². The van der Waals surface area contributed by atoms with Gasteiger partial charge in [0, 0.05) is 6.54 Å². The summed E-state index contributed by atoms with van der Waals surface area (Å²) < 4.78 is 4.97. The van der Waals surface area contributed by atoms with Crippen molar-refractivity contribution in [2.45, 2.75) is 6.42 Å². The van der Waals surface area contributed by atoms with E-state index in [9.17, 15) is 9.59 Å². The van der Waals surface area contributed by atoms with E-state index in [1.54, 1.807) is 11.4 Å². The van der Waals surface area contributed by atoms with Gasteiger partial charge in [0.05, 0.1) is 13.5 Å². The highest BCUT2D eigenvalue weighted by molar-refractivity contribution is 7.12. The average Bonchev–Trinajstić information content (AvgIpc) is 2.64. The third-order valence-corrected chi connectivity index (χ3v) is 2.57. The Labute approximate surface area is 90.7 Å². The molecule has 0 bridgehead atoms. The van der Waals surface area contributed by atoms with E-state index in [0.717, 1.165) is 0 Å². The standard InChI is InChI=1S/C9H11NO4S/c1-14-6-3-5-15-8(6)9(13)10-4-2-7(11)12/h3,5H,2,4H2,1H3,(H,10,13)(H,11,12). The summed E-state index contributed by atoms with van der Waals surface area (Å²) in [5.41, 5.74) is 0. The maximum Gasteiger partial charge on any atom is 0.305 e. The first-order chi connectivity index (χ1) is 7.15. The van der Waals surface area contributed by atoms with Crippen molar-refractivity contribution in [3.05, 3.63) is 16.3 Å². The van der Waals surface area contributed by atoms with Gasteiger partial charge in [0.25, 0.3) is 5.91 Å². The summed E-state index contributed by atoms with van der Waals surface area (Å²) in [5.74, 6) is -0.732. The van der Waals surface area contributed by atoms with E-state index in [1.165, 1.54) is 18.4 Å². The highest BCUT2D eigenvalue weighted by Crippen LogP contribution is 2.23. The van der Waals surface area contributed by atoms with Crippen molar-refractivity contribution in [1.82, 2.24) is 5.32 Å². The number of hydrogen-bond donors (Lipinski definition) is 2. The number of thiophene rings is 1. The molecule has 0 saturated heterocycles. The molecule has 0 spiro atoms. The second-order valence-electron chi connectivity index (χ2n) is 2.72. The fourth-order valence-corrected chi connectivity index (χ4v) is 1.76. The Morgan fingerprint density at radius 2 is 2.33 bits per heavy atom. The normalized spacial score (nSPS) is 9.67. The molecule has 1 aromatic heterocycles. The first-order valence-electron chi connectivity index (χ1n) is 4.26. The molecule has 0 radical (unpaired) electrons. The van der Waals surface area contributed by atoms with Crippen molar-refractivity contribution in [1.29, 1.82) is 0 Å². The van der Waals surface area contributed by atoms with Gasteiger partial charge in [0.2, 0.25) is 0 Å². The fourth-order valence-electron chi connectivity index (χ4n) is 0.987. The molecule has 82 valence electrons. The van der Waals surface area contributed by atoms with Crippen molar-refractivity contribution in [2.75, 3.05) is 13.7 Å². The maximum absolute atomic E-state index is 11.5. The predicted octanol–water partition coefficient (Wildman–Crippen LogP) is 0.961. The van der Waals surface area contributed by atoms with E-state index in [2.05, 4.69) is 5.32 Å². The molecule has 0 aliphatic carbocycles. The number of rotatable bonds is 5. The molecule has 1 rings (SSSR count). The van der Waals surface area contributed by atoms with Gasteiger partial charge >= 0.3 is 5.97 Å². The lowest BCUT2D eigenvalue weighted by Crippen LogP contribution is -2.25. The van der Waals surface area contributed by atoms with Gasteiger partial charge in [-0.05, 0) is 11.4 Å². The summed E-state index contributed by atoms with van der Waals surface area (Å²) in [7, 11) is 1.48. The zero-order valence-electron chi connectivity index (χ0n) is 8.15. The van der Waals surface area contributed by atoms with Crippen LogP contribution in [-0.2, 0) is 4.79 Å². The molecule has 2 N–H and O–H groups in total. The maximum atomic E-state index is 11.5. The van der Waals surface area contributed by atoms with Gasteiger partial charge in [-0.25, -0.2) is 0 Å². The van der Waals surface area contributed by atoms with E-state index in [0.29, 0.717) is 10.6 Å². The highest BCUT2D eigenvalue weighted by atomic mass is 32.1. The van der Waals surface area contributed by atoms with Crippen LogP contribution in [0.2, 0.25) is 0 Å². The fraction of sp³-hybridized carbons (Fsp3) is 0.333. The van der Waals surface area contributed by atoms with Gasteiger partial charge in [-0.1, -0.05) is 0 Å². The Morgan fingerprint density at radius 1 is 1.60 bits per heavy atom. The van der Waals surface area contributed by atoms with Gasteiger partial charge in [-0.3, -0.25) is 9.59 Å². The molecule has 1 amide bonds. The second-order valence-corrected chi connectivity index (χ2v) is 3.63. The molecular formula is C9H11NO4S. The SMILES string of the molecule is COc1ccsc1C(=O)NCCC(=O)O. The average molecular weight is 229 g/mol. The zero-order valence-corrected chi connectivity index (χ0v) is 8.97. The van der Waals surface area contributed by atoms with E-state index in [-0.39, 0.29) is 18.9 Å². The topological polar surface area (TPSA) is 75.6 Å². The summed E-state index contributed by atoms with van der Waals surface area (Å²) in [5, 5.41) is 12.6. The number of carboxylic acids is 1. The number of aliphatic carboxylic acids is 1. The molecule has 6 heteroatoms. The van der Waals surface area contributed by atoms with E-state index in [1.807, 2.05) is 0 Å². The molecule has 1 heterocycles. The van der Waals surface area contributed by atoms with Crippen LogP contribution in [-0.4, -0.2) is 30.6 Å². The Morgan fingerprint density at radius 3 is 2.93 bits per heavy atom. The van der Waals surface area contributed by atoms with Crippen molar-refractivity contribution in [3.63, 3.8) is 0 Å². The highest BCUT2D eigenvalue weighted by Gasteiger charge is 2.13. The molecule has 0 fully saturated rings. The third kappa shape index (κ3) is 3.25. The Hall–Kier alpha value is -1.56. The van der Waals surface area contributed by atoms with Crippen LogP contribution in [0.15, 0.2) is 11.4 Å². The van der Waals surface area contributed by atoms with Gasteiger partial charge in [-0.2, -0.15) is 0 Å². The molecule has 0 aliphatic heterocycles. The molecule has 5 nitrogen and oxygen atoms in total. The van der Waals surface area contributed by atoms with Crippen molar-refractivity contribution in [3.8, 4) is 5.75 Å². The van der Waals surface area contributed by atoms with Crippen LogP contribution >= 0.6 is 11.3 Å². The van der Waals surface area contributed by atoms with Gasteiger partial charge in [0.15, 0.2) is 0 Å². The van der Waals surface area contributed by atoms with Gasteiger partial charge < -0.3 is 15.2 Å². The molecule has 0 unspecified atom stereocenters. The monoisotopic (exact) mass is 229 g/mol. The molecule has 15 heavy (non-hydrogen) atoms. The quantitative estimate of drug-likeness (QED) is 0.788. The van der Waals surface area contributed by atoms with Crippen LogP contribution < -0.4 is 10.1 Å². The number of carbonyl (C=O) groups excluding carboxylic acids is 1. The molecule has 0 atom stereocenters. The first kappa shape index (κ1) is 11.5. The summed E-state index contributed by atoms with van der Waals surface area (Å²) in [6, 6.07) is 1.69. The largest absolute Gasteiger partial charge is 0.495 e. The third-order valence-electron chi connectivity index (χ3n) is 1.68. The van der Waals surface area contributed by atoms with Crippen LogP contribution in [0.1, 0.15) is 16.1 Å². The Kier molecular flexibility index (Phi) is 4.11. The van der Waals surface area contributed by atoms with Gasteiger partial charge in [0.1, 0.15) is 10.6 Å². The number of methoxy groups -OCH3 is 1. The first-order valence-corrected chi connectivity index (χ1v) is 5.14. The molecule has 0 aromatic carbocycles. The van der Waals surface area contributed by atoms with E-state index >= 15 is 0 Å². The number of hydrogen-bond acceptors (Lipinski definition) is 4. The Bertz CT molecular complexity index is 361. The van der Waals surface area contributed by atoms with E-state index < -0.39 is 5.97 Å². The zero-order chi connectivity index (χ0) is 11.3. The van der Waals surface area contributed by atoms with Crippen LogP contribution in [0.5, 0.6) is 5.75 Å². The van der Waals surface area contributed by atoms with Crippen LogP contribution in [0.3, 0.4) is 0 Å². The summed E-state index contributed by atoms with van der Waals surface area (Å²) in [6.07, 6.45) is -0.0839. The van der Waals surface area contributed by atoms with Crippen LogP contribution in [0.4, 0.5) is 0 Å². The summed E-state index contributed by atoms with van der Waals surface area (Å²) in [4.78, 5) is 22.2. The summed E-state index contributed by atoms with van der Waals surface area (Å²) in [6.45, 7) is 0.120. The van der Waals surface area contributed by atoms with Crippen molar-refractivity contribution in [2.24, 2.45) is 0 Å². The minimum Gasteiger partial charge on any atom is -0.495 e. The summed E-state index contributed by atoms with van der Waals surface area (Å²) >= 11 is 1.26. The van der Waals surface area contributed by atoms with Crippen LogP contribution in [0, 0.1) is 0 Å². The number of ether oxygens (including phenoxy) is 1.